The van der Waals surface area contributed by atoms with E-state index in [0.29, 0.717) is 17.7 Å². The molecule has 3 aromatic rings. The minimum absolute atomic E-state index is 0.388. The second-order valence-electron chi connectivity index (χ2n) is 6.86. The van der Waals surface area contributed by atoms with Gasteiger partial charge in [0.2, 0.25) is 5.95 Å². The molecule has 3 aromatic heterocycles. The SMILES string of the molecule is CNc1cc(Nc2nccc(C3CCCN(Cc4ccccn4)C3)n2)ncn1. The summed E-state index contributed by atoms with van der Waals surface area (Å²) in [7, 11) is 1.82. The van der Waals surface area contributed by atoms with Gasteiger partial charge in [-0.15, -0.1) is 0 Å². The second-order valence-corrected chi connectivity index (χ2v) is 6.86. The number of pyridine rings is 1. The fraction of sp³-hybridized carbons (Fsp3) is 0.350. The smallest absolute Gasteiger partial charge is 0.228 e. The van der Waals surface area contributed by atoms with Crippen molar-refractivity contribution < 1.29 is 0 Å². The molecule has 8 heteroatoms. The van der Waals surface area contributed by atoms with E-state index in [2.05, 4.69) is 41.5 Å². The molecular formula is C20H24N8. The first kappa shape index (κ1) is 18.2. The molecular weight excluding hydrogens is 352 g/mol. The zero-order valence-electron chi connectivity index (χ0n) is 15.9. The van der Waals surface area contributed by atoms with Gasteiger partial charge in [0.25, 0.3) is 0 Å². The maximum atomic E-state index is 4.74. The maximum absolute atomic E-state index is 4.74. The molecule has 0 bridgehead atoms. The van der Waals surface area contributed by atoms with Crippen molar-refractivity contribution in [2.75, 3.05) is 30.8 Å². The quantitative estimate of drug-likeness (QED) is 0.679. The highest BCUT2D eigenvalue weighted by atomic mass is 15.2. The van der Waals surface area contributed by atoms with E-state index in [1.54, 1.807) is 0 Å². The lowest BCUT2D eigenvalue weighted by Gasteiger charge is -2.32. The minimum atomic E-state index is 0.388. The Morgan fingerprint density at radius 1 is 1.07 bits per heavy atom. The summed E-state index contributed by atoms with van der Waals surface area (Å²) >= 11 is 0. The average molecular weight is 376 g/mol. The Kier molecular flexibility index (Phi) is 5.67. The monoisotopic (exact) mass is 376 g/mol. The van der Waals surface area contributed by atoms with Crippen LogP contribution in [0.25, 0.3) is 0 Å². The second kappa shape index (κ2) is 8.71. The molecule has 1 fully saturated rings. The molecule has 0 aromatic carbocycles. The molecule has 8 nitrogen and oxygen atoms in total. The Balaban J connectivity index is 1.44. The van der Waals surface area contributed by atoms with Gasteiger partial charge in [0.05, 0.1) is 11.4 Å². The number of hydrogen-bond donors (Lipinski definition) is 2. The van der Waals surface area contributed by atoms with Crippen LogP contribution in [0.2, 0.25) is 0 Å². The summed E-state index contributed by atoms with van der Waals surface area (Å²) in [5, 5.41) is 6.17. The number of hydrogen-bond acceptors (Lipinski definition) is 8. The van der Waals surface area contributed by atoms with E-state index in [4.69, 9.17) is 4.98 Å². The van der Waals surface area contributed by atoms with Gasteiger partial charge >= 0.3 is 0 Å². The van der Waals surface area contributed by atoms with Crippen LogP contribution in [0.5, 0.6) is 0 Å². The van der Waals surface area contributed by atoms with Gasteiger partial charge in [0.15, 0.2) is 0 Å². The molecule has 1 unspecified atom stereocenters. The predicted molar refractivity (Wildman–Crippen MR) is 108 cm³/mol. The van der Waals surface area contributed by atoms with E-state index in [-0.39, 0.29) is 0 Å². The first-order valence-electron chi connectivity index (χ1n) is 9.52. The van der Waals surface area contributed by atoms with Crippen LogP contribution in [0, 0.1) is 0 Å². The maximum Gasteiger partial charge on any atom is 0.228 e. The fourth-order valence-electron chi connectivity index (χ4n) is 3.50. The van der Waals surface area contributed by atoms with E-state index in [0.717, 1.165) is 49.7 Å². The molecule has 0 radical (unpaired) electrons. The minimum Gasteiger partial charge on any atom is -0.373 e. The van der Waals surface area contributed by atoms with Crippen molar-refractivity contribution in [3.63, 3.8) is 0 Å². The normalized spacial score (nSPS) is 17.2. The summed E-state index contributed by atoms with van der Waals surface area (Å²) in [5.41, 5.74) is 2.17. The highest BCUT2D eigenvalue weighted by Gasteiger charge is 2.23. The Labute approximate surface area is 164 Å². The summed E-state index contributed by atoms with van der Waals surface area (Å²) < 4.78 is 0. The van der Waals surface area contributed by atoms with Gasteiger partial charge in [0.1, 0.15) is 18.0 Å². The van der Waals surface area contributed by atoms with Crippen LogP contribution < -0.4 is 10.6 Å². The molecule has 4 rings (SSSR count). The van der Waals surface area contributed by atoms with Crippen molar-refractivity contribution in [3.8, 4) is 0 Å². The molecule has 1 aliphatic rings. The zero-order valence-corrected chi connectivity index (χ0v) is 15.9. The third kappa shape index (κ3) is 4.58. The molecule has 0 spiro atoms. The topological polar surface area (TPSA) is 91.8 Å². The largest absolute Gasteiger partial charge is 0.373 e. The number of piperidine rings is 1. The number of aromatic nitrogens is 5. The molecule has 4 heterocycles. The molecule has 0 amide bonds. The van der Waals surface area contributed by atoms with Gasteiger partial charge in [-0.05, 0) is 37.6 Å². The number of nitrogens with zero attached hydrogens (tertiary/aromatic N) is 6. The first-order chi connectivity index (χ1) is 13.8. The van der Waals surface area contributed by atoms with Crippen LogP contribution in [0.15, 0.2) is 49.1 Å². The van der Waals surface area contributed by atoms with Crippen molar-refractivity contribution in [3.05, 3.63) is 60.4 Å². The van der Waals surface area contributed by atoms with Crippen molar-refractivity contribution in [1.29, 1.82) is 0 Å². The van der Waals surface area contributed by atoms with E-state index in [9.17, 15) is 0 Å². The zero-order chi connectivity index (χ0) is 19.2. The summed E-state index contributed by atoms with van der Waals surface area (Å²) in [6, 6.07) is 9.91. The van der Waals surface area contributed by atoms with Crippen molar-refractivity contribution in [1.82, 2.24) is 29.8 Å². The van der Waals surface area contributed by atoms with E-state index in [1.165, 1.54) is 6.33 Å². The lowest BCUT2D eigenvalue weighted by molar-refractivity contribution is 0.196. The molecule has 28 heavy (non-hydrogen) atoms. The number of anilines is 3. The molecule has 1 atom stereocenters. The third-order valence-electron chi connectivity index (χ3n) is 4.88. The van der Waals surface area contributed by atoms with Crippen LogP contribution in [0.4, 0.5) is 17.6 Å². The third-order valence-corrected chi connectivity index (χ3v) is 4.88. The lowest BCUT2D eigenvalue weighted by atomic mass is 9.94. The first-order valence-corrected chi connectivity index (χ1v) is 9.52. The van der Waals surface area contributed by atoms with Crippen LogP contribution >= 0.6 is 0 Å². The molecule has 0 saturated carbocycles. The van der Waals surface area contributed by atoms with Crippen LogP contribution in [0.1, 0.15) is 30.1 Å². The average Bonchev–Trinajstić information content (AvgIpc) is 2.75. The Hall–Kier alpha value is -3.13. The molecule has 1 aliphatic heterocycles. The number of nitrogens with one attached hydrogen (secondary N) is 2. The molecule has 144 valence electrons. The predicted octanol–water partition coefficient (Wildman–Crippen LogP) is 2.83. The highest BCUT2D eigenvalue weighted by molar-refractivity contribution is 5.52. The molecule has 0 aliphatic carbocycles. The van der Waals surface area contributed by atoms with Crippen molar-refractivity contribution >= 4 is 17.6 Å². The lowest BCUT2D eigenvalue weighted by Crippen LogP contribution is -2.34. The molecule has 1 saturated heterocycles. The van der Waals surface area contributed by atoms with Crippen molar-refractivity contribution in [2.45, 2.75) is 25.3 Å². The molecule has 2 N–H and O–H groups in total. The van der Waals surface area contributed by atoms with Gasteiger partial charge < -0.3 is 10.6 Å². The van der Waals surface area contributed by atoms with Crippen LogP contribution in [-0.2, 0) is 6.54 Å². The number of likely N-dealkylation sites (tertiary alicyclic amines) is 1. The highest BCUT2D eigenvalue weighted by Crippen LogP contribution is 2.27. The Bertz CT molecular complexity index is 901. The Morgan fingerprint density at radius 3 is 2.86 bits per heavy atom. The van der Waals surface area contributed by atoms with Gasteiger partial charge in [-0.2, -0.15) is 0 Å². The van der Waals surface area contributed by atoms with Crippen LogP contribution in [-0.4, -0.2) is 50.0 Å². The summed E-state index contributed by atoms with van der Waals surface area (Å²) in [6.45, 7) is 2.95. The fourth-order valence-corrected chi connectivity index (χ4v) is 3.50. The van der Waals surface area contributed by atoms with Gasteiger partial charge in [-0.3, -0.25) is 9.88 Å². The number of rotatable bonds is 6. The van der Waals surface area contributed by atoms with Crippen LogP contribution in [0.3, 0.4) is 0 Å². The summed E-state index contributed by atoms with van der Waals surface area (Å²) in [4.78, 5) is 24.3. The van der Waals surface area contributed by atoms with Crippen molar-refractivity contribution in [2.24, 2.45) is 0 Å². The van der Waals surface area contributed by atoms with E-state index in [1.807, 2.05) is 43.7 Å². The Morgan fingerprint density at radius 2 is 2.00 bits per heavy atom. The standard InChI is InChI=1S/C20H24N8/c1-21-18-11-19(25-14-24-18)27-20-23-9-7-17(26-20)15-5-4-10-28(12-15)13-16-6-2-3-8-22-16/h2-3,6-9,11,14-15H,4-5,10,12-13H2,1H3,(H2,21,23,24,25,26,27). The van der Waals surface area contributed by atoms with E-state index >= 15 is 0 Å². The summed E-state index contributed by atoms with van der Waals surface area (Å²) in [5.74, 6) is 2.35. The van der Waals surface area contributed by atoms with Gasteiger partial charge in [-0.25, -0.2) is 19.9 Å². The van der Waals surface area contributed by atoms with Gasteiger partial charge in [-0.1, -0.05) is 6.07 Å². The van der Waals surface area contributed by atoms with E-state index < -0.39 is 0 Å². The van der Waals surface area contributed by atoms with Gasteiger partial charge in [0, 0.05) is 44.5 Å². The summed E-state index contributed by atoms with van der Waals surface area (Å²) in [6.07, 6.45) is 7.46.